The molecule has 0 radical (unpaired) electrons. The van der Waals surface area contributed by atoms with Crippen molar-refractivity contribution in [1.29, 1.82) is 5.26 Å². The molecule has 0 fully saturated rings. The first kappa shape index (κ1) is 10.5. The molecular weight excluding hydrogens is 156 g/mol. The molecule has 0 bridgehead atoms. The molecule has 0 aliphatic rings. The van der Waals surface area contributed by atoms with Gasteiger partial charge in [0.2, 0.25) is 0 Å². The summed E-state index contributed by atoms with van der Waals surface area (Å²) in [5.41, 5.74) is 4.81. The molecule has 2 unspecified atom stereocenters. The van der Waals surface area contributed by atoms with Gasteiger partial charge in [-0.1, -0.05) is 6.08 Å². The lowest BCUT2D eigenvalue weighted by Crippen LogP contribution is -2.27. The predicted molar refractivity (Wildman–Crippen MR) is 44.0 cm³/mol. The predicted octanol–water partition coefficient (Wildman–Crippen LogP) is 1.19. The average molecular weight is 168 g/mol. The first-order valence-electron chi connectivity index (χ1n) is 3.58. The molecule has 0 aliphatic carbocycles. The number of rotatable bonds is 4. The third-order valence-electron chi connectivity index (χ3n) is 1.43. The Bertz CT molecular complexity index is 208. The normalized spacial score (nSPS) is 14.0. The second-order valence-electron chi connectivity index (χ2n) is 2.42. The van der Waals surface area contributed by atoms with Crippen LogP contribution in [0.25, 0.3) is 0 Å². The van der Waals surface area contributed by atoms with E-state index in [4.69, 9.17) is 11.0 Å². The van der Waals surface area contributed by atoms with Crippen molar-refractivity contribution < 1.29 is 9.53 Å². The maximum absolute atomic E-state index is 10.4. The smallest absolute Gasteiger partial charge is 0.404 e. The van der Waals surface area contributed by atoms with Crippen molar-refractivity contribution in [3.8, 4) is 6.07 Å². The van der Waals surface area contributed by atoms with Crippen LogP contribution in [0.2, 0.25) is 0 Å². The largest absolute Gasteiger partial charge is 0.445 e. The van der Waals surface area contributed by atoms with E-state index in [1.807, 2.05) is 6.07 Å². The van der Waals surface area contributed by atoms with Crippen molar-refractivity contribution in [3.05, 3.63) is 12.7 Å². The summed E-state index contributed by atoms with van der Waals surface area (Å²) in [4.78, 5) is 10.4. The van der Waals surface area contributed by atoms with Crippen molar-refractivity contribution in [1.82, 2.24) is 0 Å². The molecule has 0 saturated heterocycles. The number of primary amides is 1. The molecule has 0 aliphatic heterocycles. The molecule has 2 atom stereocenters. The molecule has 0 aromatic heterocycles. The Labute approximate surface area is 71.6 Å². The van der Waals surface area contributed by atoms with Crippen molar-refractivity contribution in [2.75, 3.05) is 0 Å². The minimum Gasteiger partial charge on any atom is -0.445 e. The van der Waals surface area contributed by atoms with Crippen molar-refractivity contribution in [3.63, 3.8) is 0 Å². The quantitative estimate of drug-likeness (QED) is 0.640. The fourth-order valence-corrected chi connectivity index (χ4v) is 0.751. The molecule has 0 aromatic rings. The summed E-state index contributed by atoms with van der Waals surface area (Å²) >= 11 is 0. The Balaban J connectivity index is 4.13. The van der Waals surface area contributed by atoms with Crippen LogP contribution in [0.15, 0.2) is 12.7 Å². The van der Waals surface area contributed by atoms with Gasteiger partial charge in [-0.2, -0.15) is 5.26 Å². The molecule has 0 rings (SSSR count). The molecule has 0 saturated carbocycles. The molecule has 66 valence electrons. The summed E-state index contributed by atoms with van der Waals surface area (Å²) in [6.07, 6.45) is 0.688. The van der Waals surface area contributed by atoms with E-state index in [1.165, 1.54) is 0 Å². The highest BCUT2D eigenvalue weighted by atomic mass is 16.6. The number of hydrogen-bond donors (Lipinski definition) is 1. The second-order valence-corrected chi connectivity index (χ2v) is 2.42. The molecule has 4 nitrogen and oxygen atoms in total. The SMILES string of the molecule is C=CCC(OC(N)=O)C(C)C#N. The first-order chi connectivity index (χ1) is 5.61. The van der Waals surface area contributed by atoms with Crippen LogP contribution in [0.1, 0.15) is 13.3 Å². The van der Waals surface area contributed by atoms with Crippen molar-refractivity contribution in [2.24, 2.45) is 11.7 Å². The number of nitrogens with two attached hydrogens (primary N) is 1. The van der Waals surface area contributed by atoms with Crippen LogP contribution in [-0.4, -0.2) is 12.2 Å². The second kappa shape index (κ2) is 5.19. The standard InChI is InChI=1S/C8H12N2O2/c1-3-4-7(6(2)5-9)12-8(10)11/h3,6-7H,1,4H2,2H3,(H2,10,11). The van der Waals surface area contributed by atoms with Gasteiger partial charge < -0.3 is 10.5 Å². The zero-order valence-corrected chi connectivity index (χ0v) is 6.99. The van der Waals surface area contributed by atoms with Crippen LogP contribution in [0.4, 0.5) is 4.79 Å². The lowest BCUT2D eigenvalue weighted by molar-refractivity contribution is 0.0894. The van der Waals surface area contributed by atoms with Crippen LogP contribution in [0, 0.1) is 17.2 Å². The highest BCUT2D eigenvalue weighted by molar-refractivity contribution is 5.64. The molecule has 2 N–H and O–H groups in total. The number of amides is 1. The Morgan fingerprint density at radius 3 is 2.83 bits per heavy atom. The van der Waals surface area contributed by atoms with Gasteiger partial charge in [0.25, 0.3) is 0 Å². The van der Waals surface area contributed by atoms with E-state index in [0.29, 0.717) is 6.42 Å². The molecule has 0 spiro atoms. The monoisotopic (exact) mass is 168 g/mol. The summed E-state index contributed by atoms with van der Waals surface area (Å²) in [7, 11) is 0. The van der Waals surface area contributed by atoms with E-state index in [2.05, 4.69) is 11.3 Å². The van der Waals surface area contributed by atoms with Gasteiger partial charge in [-0.05, 0) is 6.92 Å². The molecule has 0 heterocycles. The van der Waals surface area contributed by atoms with Crippen LogP contribution in [0.3, 0.4) is 0 Å². The topological polar surface area (TPSA) is 76.1 Å². The molecule has 1 amide bonds. The van der Waals surface area contributed by atoms with Gasteiger partial charge in [-0.15, -0.1) is 6.58 Å². The van der Waals surface area contributed by atoms with E-state index in [1.54, 1.807) is 13.0 Å². The van der Waals surface area contributed by atoms with E-state index in [9.17, 15) is 4.79 Å². The summed E-state index contributed by atoms with van der Waals surface area (Å²) in [6, 6.07) is 1.97. The summed E-state index contributed by atoms with van der Waals surface area (Å²) in [6.45, 7) is 5.15. The van der Waals surface area contributed by atoms with Gasteiger partial charge in [0.1, 0.15) is 6.10 Å². The average Bonchev–Trinajstić information content (AvgIpc) is 2.01. The van der Waals surface area contributed by atoms with E-state index in [-0.39, 0.29) is 5.92 Å². The minimum absolute atomic E-state index is 0.365. The Kier molecular flexibility index (Phi) is 4.54. The maximum atomic E-state index is 10.4. The highest BCUT2D eigenvalue weighted by Crippen LogP contribution is 2.10. The number of ether oxygens (including phenoxy) is 1. The van der Waals surface area contributed by atoms with Gasteiger partial charge >= 0.3 is 6.09 Å². The molecular formula is C8H12N2O2. The van der Waals surface area contributed by atoms with E-state index in [0.717, 1.165) is 0 Å². The fraction of sp³-hybridized carbons (Fsp3) is 0.500. The van der Waals surface area contributed by atoms with Crippen LogP contribution < -0.4 is 5.73 Å². The zero-order chi connectivity index (χ0) is 9.56. The van der Waals surface area contributed by atoms with Crippen LogP contribution >= 0.6 is 0 Å². The maximum Gasteiger partial charge on any atom is 0.404 e. The van der Waals surface area contributed by atoms with Gasteiger partial charge in [0, 0.05) is 6.42 Å². The van der Waals surface area contributed by atoms with Gasteiger partial charge in [0.05, 0.1) is 12.0 Å². The molecule has 12 heavy (non-hydrogen) atoms. The third kappa shape index (κ3) is 3.62. The number of nitrogens with zero attached hydrogens (tertiary/aromatic N) is 1. The number of nitriles is 1. The minimum atomic E-state index is -0.857. The number of carbonyl (C=O) groups excluding carboxylic acids is 1. The first-order valence-corrected chi connectivity index (χ1v) is 3.58. The third-order valence-corrected chi connectivity index (χ3v) is 1.43. The summed E-state index contributed by atoms with van der Waals surface area (Å²) in [5, 5.41) is 8.53. The Morgan fingerprint density at radius 2 is 2.50 bits per heavy atom. The van der Waals surface area contributed by atoms with Crippen LogP contribution in [-0.2, 0) is 4.74 Å². The fourth-order valence-electron chi connectivity index (χ4n) is 0.751. The Hall–Kier alpha value is -1.50. The van der Waals surface area contributed by atoms with Gasteiger partial charge in [0.15, 0.2) is 0 Å². The van der Waals surface area contributed by atoms with Crippen molar-refractivity contribution in [2.45, 2.75) is 19.4 Å². The van der Waals surface area contributed by atoms with E-state index >= 15 is 0 Å². The highest BCUT2D eigenvalue weighted by Gasteiger charge is 2.18. The van der Waals surface area contributed by atoms with Crippen LogP contribution in [0.5, 0.6) is 0 Å². The zero-order valence-electron chi connectivity index (χ0n) is 6.99. The number of hydrogen-bond acceptors (Lipinski definition) is 3. The summed E-state index contributed by atoms with van der Waals surface area (Å²) in [5.74, 6) is -0.365. The Morgan fingerprint density at radius 1 is 1.92 bits per heavy atom. The summed E-state index contributed by atoms with van der Waals surface area (Å²) < 4.78 is 4.69. The van der Waals surface area contributed by atoms with Gasteiger partial charge in [-0.25, -0.2) is 4.79 Å². The lowest BCUT2D eigenvalue weighted by atomic mass is 10.0. The van der Waals surface area contributed by atoms with E-state index < -0.39 is 12.2 Å². The molecule has 4 heteroatoms. The van der Waals surface area contributed by atoms with Gasteiger partial charge in [-0.3, -0.25) is 0 Å². The van der Waals surface area contributed by atoms with Crippen molar-refractivity contribution >= 4 is 6.09 Å². The number of carbonyl (C=O) groups is 1. The lowest BCUT2D eigenvalue weighted by Gasteiger charge is -2.16. The molecule has 0 aromatic carbocycles.